The van der Waals surface area contributed by atoms with Crippen LogP contribution in [0.3, 0.4) is 0 Å². The highest BCUT2D eigenvalue weighted by Gasteiger charge is 2.26. The smallest absolute Gasteiger partial charge is 0.335 e. The summed E-state index contributed by atoms with van der Waals surface area (Å²) in [7, 11) is 0. The van der Waals surface area contributed by atoms with Crippen LogP contribution in [0, 0.1) is 0 Å². The molecule has 30 heavy (non-hydrogen) atoms. The molecule has 2 N–H and O–H groups in total. The minimum absolute atomic E-state index is 0.0191. The number of aromatic carboxylic acids is 1. The summed E-state index contributed by atoms with van der Waals surface area (Å²) < 4.78 is 5.74. The van der Waals surface area contributed by atoms with Crippen molar-refractivity contribution in [1.82, 2.24) is 4.98 Å². The van der Waals surface area contributed by atoms with E-state index in [0.717, 1.165) is 10.4 Å². The lowest BCUT2D eigenvalue weighted by Gasteiger charge is -2.22. The molecule has 2 aromatic heterocycles. The van der Waals surface area contributed by atoms with Crippen molar-refractivity contribution in [1.29, 1.82) is 0 Å². The maximum absolute atomic E-state index is 13.3. The lowest BCUT2D eigenvalue weighted by atomic mass is 10.1. The molecule has 3 heterocycles. The monoisotopic (exact) mass is 444 g/mol. The molecule has 0 atom stereocenters. The van der Waals surface area contributed by atoms with Crippen LogP contribution in [0.1, 0.15) is 25.6 Å². The van der Waals surface area contributed by atoms with E-state index in [4.69, 9.17) is 21.4 Å². The number of aliphatic hydroxyl groups excluding tert-OH is 1. The highest BCUT2D eigenvalue weighted by atomic mass is 35.5. The molecular formula is C21H17ClN2O5S. The van der Waals surface area contributed by atoms with Crippen molar-refractivity contribution >= 4 is 40.5 Å². The molecule has 3 aromatic rings. The Balaban J connectivity index is 1.73. The maximum atomic E-state index is 13.3. The standard InChI is InChI=1S/C21H17ClN2O5S/c22-14-10-13(21(27)28)3-4-15(14)24(7-8-25)20(26)17-11-12-5-9-29-16-2-1-6-23-18(16)19(12)30-17/h1-4,6,10-11,25H,5,7-9H2,(H,27,28). The van der Waals surface area contributed by atoms with Crippen molar-refractivity contribution in [2.24, 2.45) is 0 Å². The second-order valence-corrected chi connectivity index (χ2v) is 8.02. The number of carbonyl (C=O) groups excluding carboxylic acids is 1. The number of halogens is 1. The zero-order valence-corrected chi connectivity index (χ0v) is 17.2. The molecule has 0 bridgehead atoms. The van der Waals surface area contributed by atoms with E-state index in [1.807, 2.05) is 12.1 Å². The maximum Gasteiger partial charge on any atom is 0.335 e. The number of ether oxygens (including phenoxy) is 1. The van der Waals surface area contributed by atoms with Gasteiger partial charge >= 0.3 is 5.97 Å². The van der Waals surface area contributed by atoms with Gasteiger partial charge in [0, 0.05) is 19.2 Å². The van der Waals surface area contributed by atoms with Crippen molar-refractivity contribution in [3.63, 3.8) is 0 Å². The molecule has 0 fully saturated rings. The van der Waals surface area contributed by atoms with E-state index in [1.165, 1.54) is 34.4 Å². The third-order valence-electron chi connectivity index (χ3n) is 4.69. The Kier molecular flexibility index (Phi) is 5.72. The molecule has 0 unspecified atom stereocenters. The van der Waals surface area contributed by atoms with Gasteiger partial charge in [0.05, 0.1) is 39.2 Å². The summed E-state index contributed by atoms with van der Waals surface area (Å²) in [6, 6.07) is 9.61. The fraction of sp³-hybridized carbons (Fsp3) is 0.190. The van der Waals surface area contributed by atoms with Gasteiger partial charge in [0.25, 0.3) is 5.91 Å². The Hall–Kier alpha value is -2.94. The van der Waals surface area contributed by atoms with Crippen molar-refractivity contribution in [2.45, 2.75) is 6.42 Å². The molecule has 0 aliphatic carbocycles. The van der Waals surface area contributed by atoms with Gasteiger partial charge in [-0.3, -0.25) is 9.78 Å². The van der Waals surface area contributed by atoms with Crippen LogP contribution >= 0.6 is 22.9 Å². The Labute approximate surface area is 181 Å². The van der Waals surface area contributed by atoms with E-state index in [1.54, 1.807) is 12.3 Å². The number of hydrogen-bond acceptors (Lipinski definition) is 6. The summed E-state index contributed by atoms with van der Waals surface area (Å²) in [6.07, 6.45) is 2.32. The number of carboxylic acids is 1. The molecule has 1 amide bonds. The van der Waals surface area contributed by atoms with Crippen LogP contribution in [-0.4, -0.2) is 46.8 Å². The first kappa shape index (κ1) is 20.3. The SMILES string of the molecule is O=C(O)c1ccc(N(CCO)C(=O)c2cc3c(s2)-c2ncccc2OCC3)c(Cl)c1. The number of carboxylic acid groups (broad SMARTS) is 1. The second-order valence-electron chi connectivity index (χ2n) is 6.57. The summed E-state index contributed by atoms with van der Waals surface area (Å²) in [5.41, 5.74) is 2.03. The Bertz CT molecular complexity index is 1130. The van der Waals surface area contributed by atoms with Gasteiger partial charge in [-0.15, -0.1) is 11.3 Å². The van der Waals surface area contributed by atoms with E-state index >= 15 is 0 Å². The average molecular weight is 445 g/mol. The van der Waals surface area contributed by atoms with E-state index in [2.05, 4.69) is 4.98 Å². The number of nitrogens with zero attached hydrogens (tertiary/aromatic N) is 2. The normalized spacial score (nSPS) is 12.3. The predicted molar refractivity (Wildman–Crippen MR) is 114 cm³/mol. The van der Waals surface area contributed by atoms with Gasteiger partial charge in [0.2, 0.25) is 0 Å². The van der Waals surface area contributed by atoms with Crippen LogP contribution < -0.4 is 9.64 Å². The number of aromatic nitrogens is 1. The third-order valence-corrected chi connectivity index (χ3v) is 6.16. The van der Waals surface area contributed by atoms with Crippen molar-refractivity contribution in [2.75, 3.05) is 24.7 Å². The lowest BCUT2D eigenvalue weighted by molar-refractivity contribution is 0.0696. The number of pyridine rings is 1. The molecule has 1 aliphatic heterocycles. The quantitative estimate of drug-likeness (QED) is 0.622. The molecule has 0 radical (unpaired) electrons. The van der Waals surface area contributed by atoms with Crippen LogP contribution in [0.15, 0.2) is 42.6 Å². The van der Waals surface area contributed by atoms with Gasteiger partial charge in [-0.1, -0.05) is 11.6 Å². The van der Waals surface area contributed by atoms with Crippen LogP contribution in [0.4, 0.5) is 5.69 Å². The summed E-state index contributed by atoms with van der Waals surface area (Å²) in [5.74, 6) is -0.763. The van der Waals surface area contributed by atoms with Crippen LogP contribution in [-0.2, 0) is 6.42 Å². The number of anilines is 1. The molecule has 9 heteroatoms. The van der Waals surface area contributed by atoms with Crippen molar-refractivity contribution < 1.29 is 24.5 Å². The summed E-state index contributed by atoms with van der Waals surface area (Å²) in [5, 5.41) is 18.8. The van der Waals surface area contributed by atoms with Gasteiger partial charge in [-0.25, -0.2) is 4.79 Å². The Morgan fingerprint density at radius 1 is 1.27 bits per heavy atom. The fourth-order valence-electron chi connectivity index (χ4n) is 3.29. The average Bonchev–Trinajstić information content (AvgIpc) is 3.08. The first-order valence-electron chi connectivity index (χ1n) is 9.16. The molecule has 7 nitrogen and oxygen atoms in total. The van der Waals surface area contributed by atoms with Crippen molar-refractivity contribution in [3.8, 4) is 16.3 Å². The van der Waals surface area contributed by atoms with E-state index in [0.29, 0.717) is 35.0 Å². The Morgan fingerprint density at radius 2 is 2.10 bits per heavy atom. The molecular weight excluding hydrogens is 428 g/mol. The first-order chi connectivity index (χ1) is 14.5. The van der Waals surface area contributed by atoms with E-state index < -0.39 is 5.97 Å². The lowest BCUT2D eigenvalue weighted by Crippen LogP contribution is -2.33. The van der Waals surface area contributed by atoms with E-state index in [-0.39, 0.29) is 29.6 Å². The van der Waals surface area contributed by atoms with Crippen LogP contribution in [0.25, 0.3) is 10.6 Å². The van der Waals surface area contributed by atoms with Crippen LogP contribution in [0.2, 0.25) is 5.02 Å². The molecule has 154 valence electrons. The fourth-order valence-corrected chi connectivity index (χ4v) is 4.74. The number of rotatable bonds is 5. The highest BCUT2D eigenvalue weighted by Crippen LogP contribution is 2.40. The topological polar surface area (TPSA) is 100.0 Å². The minimum Gasteiger partial charge on any atom is -0.491 e. The van der Waals surface area contributed by atoms with Gasteiger partial charge in [0.15, 0.2) is 0 Å². The third kappa shape index (κ3) is 3.77. The number of thiophene rings is 1. The highest BCUT2D eigenvalue weighted by molar-refractivity contribution is 7.17. The van der Waals surface area contributed by atoms with E-state index in [9.17, 15) is 14.7 Å². The van der Waals surface area contributed by atoms with Gasteiger partial charge in [-0.2, -0.15) is 0 Å². The predicted octanol–water partition coefficient (Wildman–Crippen LogP) is 3.74. The number of hydrogen-bond donors (Lipinski definition) is 2. The number of amides is 1. The zero-order valence-electron chi connectivity index (χ0n) is 15.7. The molecule has 0 saturated carbocycles. The second kappa shape index (κ2) is 8.43. The molecule has 0 saturated heterocycles. The minimum atomic E-state index is -1.11. The zero-order chi connectivity index (χ0) is 21.3. The molecule has 4 rings (SSSR count). The Morgan fingerprint density at radius 3 is 2.83 bits per heavy atom. The van der Waals surface area contributed by atoms with Gasteiger partial charge < -0.3 is 19.8 Å². The van der Waals surface area contributed by atoms with Crippen molar-refractivity contribution in [3.05, 3.63) is 63.6 Å². The first-order valence-corrected chi connectivity index (χ1v) is 10.4. The number of benzene rings is 1. The summed E-state index contributed by atoms with van der Waals surface area (Å²) in [6.45, 7) is 0.233. The molecule has 1 aromatic carbocycles. The number of aliphatic hydroxyl groups is 1. The van der Waals surface area contributed by atoms with Gasteiger partial charge in [0.1, 0.15) is 11.4 Å². The van der Waals surface area contributed by atoms with Crippen LogP contribution in [0.5, 0.6) is 5.75 Å². The summed E-state index contributed by atoms with van der Waals surface area (Å²) >= 11 is 7.57. The van der Waals surface area contributed by atoms with Gasteiger partial charge in [-0.05, 0) is 42.0 Å². The number of carbonyl (C=O) groups is 2. The largest absolute Gasteiger partial charge is 0.491 e. The number of fused-ring (bicyclic) bond motifs is 3. The molecule has 1 aliphatic rings. The molecule has 0 spiro atoms. The summed E-state index contributed by atoms with van der Waals surface area (Å²) in [4.78, 5) is 31.6.